The number of carbonyl (C=O) groups is 2. The van der Waals surface area contributed by atoms with Crippen LogP contribution < -0.4 is 18.9 Å². The molecule has 8 heteroatoms. The highest BCUT2D eigenvalue weighted by molar-refractivity contribution is 6.46. The second-order valence-corrected chi connectivity index (χ2v) is 10.4. The molecule has 1 N–H and O–H groups in total. The number of hydrogen-bond acceptors (Lipinski definition) is 7. The van der Waals surface area contributed by atoms with Gasteiger partial charge in [0.05, 0.1) is 24.8 Å². The van der Waals surface area contributed by atoms with Gasteiger partial charge in [0.2, 0.25) is 0 Å². The lowest BCUT2D eigenvalue weighted by atomic mass is 9.94. The average Bonchev–Trinajstić information content (AvgIpc) is 3.22. The Kier molecular flexibility index (Phi) is 8.47. The highest BCUT2D eigenvalue weighted by Gasteiger charge is 2.46. The molecule has 0 spiro atoms. The zero-order valence-electron chi connectivity index (χ0n) is 23.6. The summed E-state index contributed by atoms with van der Waals surface area (Å²) in [6.45, 7) is 8.09. The number of ketones is 1. The number of Topliss-reactive ketones (excluding diaryl/α,β-unsaturated/α-hetero) is 1. The zero-order valence-corrected chi connectivity index (χ0v) is 23.6. The lowest BCUT2D eigenvalue weighted by Gasteiger charge is -2.26. The third-order valence-electron chi connectivity index (χ3n) is 7.09. The number of aliphatic hydroxyl groups excluding tert-OH is 1. The number of carbonyl (C=O) groups excluding carboxylic acids is 2. The molecule has 2 aliphatic rings. The highest BCUT2D eigenvalue weighted by atomic mass is 16.6. The number of benzene rings is 3. The van der Waals surface area contributed by atoms with Crippen molar-refractivity contribution in [3.8, 4) is 23.0 Å². The minimum Gasteiger partial charge on any atom is -0.507 e. The molecule has 3 aromatic carbocycles. The molecular weight excluding hydrogens is 522 g/mol. The minimum atomic E-state index is -0.854. The van der Waals surface area contributed by atoms with E-state index in [2.05, 4.69) is 13.8 Å². The lowest BCUT2D eigenvalue weighted by molar-refractivity contribution is -0.140. The van der Waals surface area contributed by atoms with Crippen LogP contribution in [0.15, 0.2) is 72.3 Å². The van der Waals surface area contributed by atoms with Crippen LogP contribution in [-0.4, -0.2) is 48.1 Å². The fourth-order valence-electron chi connectivity index (χ4n) is 5.00. The normalized spacial score (nSPS) is 17.7. The molecule has 5 rings (SSSR count). The SMILES string of the molecule is CCOc1cc([C@H]2C(=C(O)c3ccc4c(c3)OCCO4)C(=O)C(=O)N2Cc2ccccc2)ccc1OCCC(C)C. The summed E-state index contributed by atoms with van der Waals surface area (Å²) in [6.07, 6.45) is 0.889. The number of amides is 1. The molecule has 1 fully saturated rings. The van der Waals surface area contributed by atoms with Gasteiger partial charge in [0.15, 0.2) is 23.0 Å². The Balaban J connectivity index is 1.60. The first-order chi connectivity index (χ1) is 19.9. The molecule has 0 bridgehead atoms. The van der Waals surface area contributed by atoms with Gasteiger partial charge in [-0.2, -0.15) is 0 Å². The molecule has 2 aliphatic heterocycles. The molecule has 1 saturated heterocycles. The summed E-state index contributed by atoms with van der Waals surface area (Å²) < 4.78 is 23.2. The van der Waals surface area contributed by atoms with Crippen LogP contribution in [0.4, 0.5) is 0 Å². The van der Waals surface area contributed by atoms with Gasteiger partial charge in [-0.05, 0) is 60.7 Å². The van der Waals surface area contributed by atoms with Crippen LogP contribution in [0.5, 0.6) is 23.0 Å². The molecule has 3 aromatic rings. The molecule has 214 valence electrons. The van der Waals surface area contributed by atoms with Crippen LogP contribution in [0.1, 0.15) is 49.9 Å². The van der Waals surface area contributed by atoms with Crippen molar-refractivity contribution < 1.29 is 33.6 Å². The van der Waals surface area contributed by atoms with Crippen molar-refractivity contribution in [2.75, 3.05) is 26.4 Å². The van der Waals surface area contributed by atoms with Gasteiger partial charge in [-0.3, -0.25) is 9.59 Å². The van der Waals surface area contributed by atoms with E-state index in [9.17, 15) is 14.7 Å². The van der Waals surface area contributed by atoms with Gasteiger partial charge >= 0.3 is 0 Å². The molecule has 0 radical (unpaired) electrons. The van der Waals surface area contributed by atoms with Gasteiger partial charge in [0, 0.05) is 12.1 Å². The Morgan fingerprint density at radius 1 is 0.951 bits per heavy atom. The molecule has 0 aromatic heterocycles. The van der Waals surface area contributed by atoms with Crippen LogP contribution in [0.3, 0.4) is 0 Å². The van der Waals surface area contributed by atoms with Crippen molar-refractivity contribution >= 4 is 17.4 Å². The first-order valence-corrected chi connectivity index (χ1v) is 14.0. The van der Waals surface area contributed by atoms with Crippen molar-refractivity contribution in [3.05, 3.63) is 89.0 Å². The molecule has 1 amide bonds. The van der Waals surface area contributed by atoms with Crippen LogP contribution in [0, 0.1) is 5.92 Å². The second-order valence-electron chi connectivity index (χ2n) is 10.4. The Morgan fingerprint density at radius 3 is 2.44 bits per heavy atom. The third kappa shape index (κ3) is 6.01. The van der Waals surface area contributed by atoms with E-state index >= 15 is 0 Å². The number of fused-ring (bicyclic) bond motifs is 1. The summed E-state index contributed by atoms with van der Waals surface area (Å²) in [4.78, 5) is 28.5. The Morgan fingerprint density at radius 2 is 1.71 bits per heavy atom. The quantitative estimate of drug-likeness (QED) is 0.188. The highest BCUT2D eigenvalue weighted by Crippen LogP contribution is 2.43. The van der Waals surface area contributed by atoms with Crippen molar-refractivity contribution in [2.45, 2.75) is 39.8 Å². The van der Waals surface area contributed by atoms with Gasteiger partial charge in [0.1, 0.15) is 19.0 Å². The standard InChI is InChI=1S/C33H35NO7/c1-4-38-27-18-23(10-12-25(27)39-15-14-21(2)3)30-29(31(35)24-11-13-26-28(19-24)41-17-16-40-26)32(36)33(37)34(30)20-22-8-6-5-7-9-22/h5-13,18-19,21,30,35H,4,14-17,20H2,1-3H3/t30-/m0/s1. The van der Waals surface area contributed by atoms with E-state index in [1.807, 2.05) is 43.3 Å². The molecule has 1 atom stereocenters. The van der Waals surface area contributed by atoms with Gasteiger partial charge in [0.25, 0.3) is 11.7 Å². The molecule has 8 nitrogen and oxygen atoms in total. The number of ether oxygens (including phenoxy) is 4. The number of rotatable bonds is 10. The predicted octanol–water partition coefficient (Wildman–Crippen LogP) is 5.90. The molecule has 0 unspecified atom stereocenters. The largest absolute Gasteiger partial charge is 0.507 e. The van der Waals surface area contributed by atoms with E-state index in [1.165, 1.54) is 4.90 Å². The number of hydrogen-bond donors (Lipinski definition) is 1. The van der Waals surface area contributed by atoms with E-state index in [1.54, 1.807) is 30.3 Å². The van der Waals surface area contributed by atoms with Gasteiger partial charge in [-0.25, -0.2) is 0 Å². The first kappa shape index (κ1) is 28.1. The summed E-state index contributed by atoms with van der Waals surface area (Å²) in [5.41, 5.74) is 1.84. The van der Waals surface area contributed by atoms with Crippen molar-refractivity contribution in [3.63, 3.8) is 0 Å². The monoisotopic (exact) mass is 557 g/mol. The van der Waals surface area contributed by atoms with Crippen molar-refractivity contribution in [1.29, 1.82) is 0 Å². The van der Waals surface area contributed by atoms with E-state index < -0.39 is 17.7 Å². The van der Waals surface area contributed by atoms with Crippen LogP contribution in [-0.2, 0) is 16.1 Å². The Bertz CT molecular complexity index is 1450. The average molecular weight is 558 g/mol. The van der Waals surface area contributed by atoms with Gasteiger partial charge in [-0.1, -0.05) is 50.2 Å². The van der Waals surface area contributed by atoms with Crippen LogP contribution >= 0.6 is 0 Å². The molecule has 41 heavy (non-hydrogen) atoms. The van der Waals surface area contributed by atoms with E-state index in [4.69, 9.17) is 18.9 Å². The number of nitrogens with zero attached hydrogens (tertiary/aromatic N) is 1. The van der Waals surface area contributed by atoms with E-state index in [-0.39, 0.29) is 17.9 Å². The minimum absolute atomic E-state index is 0.00136. The van der Waals surface area contributed by atoms with E-state index in [0.717, 1.165) is 12.0 Å². The second kappa shape index (κ2) is 12.4. The van der Waals surface area contributed by atoms with Gasteiger partial charge < -0.3 is 29.0 Å². The number of aliphatic hydroxyl groups is 1. The summed E-state index contributed by atoms with van der Waals surface area (Å²) in [5, 5.41) is 11.5. The van der Waals surface area contributed by atoms with Crippen LogP contribution in [0.25, 0.3) is 5.76 Å². The summed E-state index contributed by atoms with van der Waals surface area (Å²) in [5.74, 6) is 0.891. The lowest BCUT2D eigenvalue weighted by Crippen LogP contribution is -2.29. The predicted molar refractivity (Wildman–Crippen MR) is 154 cm³/mol. The third-order valence-corrected chi connectivity index (χ3v) is 7.09. The zero-order chi connectivity index (χ0) is 28.9. The van der Waals surface area contributed by atoms with Crippen LogP contribution in [0.2, 0.25) is 0 Å². The Labute approximate surface area is 240 Å². The maximum Gasteiger partial charge on any atom is 0.295 e. The molecule has 0 aliphatic carbocycles. The first-order valence-electron chi connectivity index (χ1n) is 14.0. The maximum absolute atomic E-state index is 13.6. The fraction of sp³-hybridized carbons (Fsp3) is 0.333. The smallest absolute Gasteiger partial charge is 0.295 e. The molecule has 0 saturated carbocycles. The maximum atomic E-state index is 13.6. The van der Waals surface area contributed by atoms with Crippen molar-refractivity contribution in [2.24, 2.45) is 5.92 Å². The summed E-state index contributed by atoms with van der Waals surface area (Å²) in [6, 6.07) is 19.0. The van der Waals surface area contributed by atoms with Crippen molar-refractivity contribution in [1.82, 2.24) is 4.90 Å². The summed E-state index contributed by atoms with van der Waals surface area (Å²) in [7, 11) is 0. The fourth-order valence-corrected chi connectivity index (χ4v) is 5.00. The molecule has 2 heterocycles. The number of likely N-dealkylation sites (tertiary alicyclic amines) is 1. The van der Waals surface area contributed by atoms with Gasteiger partial charge in [-0.15, -0.1) is 0 Å². The molecular formula is C33H35NO7. The summed E-state index contributed by atoms with van der Waals surface area (Å²) >= 11 is 0. The topological polar surface area (TPSA) is 94.5 Å². The Hall–Kier alpha value is -4.46. The van der Waals surface area contributed by atoms with E-state index in [0.29, 0.717) is 66.5 Å².